The average molecular weight is 340 g/mol. The van der Waals surface area contributed by atoms with Crippen LogP contribution in [-0.2, 0) is 0 Å². The number of ether oxygens (including phenoxy) is 1. The van der Waals surface area contributed by atoms with Crippen LogP contribution in [0.4, 0.5) is 0 Å². The number of halogens is 1. The fourth-order valence-corrected chi connectivity index (χ4v) is 2.80. The van der Waals surface area contributed by atoms with Crippen LogP contribution >= 0.6 is 27.3 Å². The first-order valence-electron chi connectivity index (χ1n) is 6.32. The molecular weight excluding hydrogens is 322 g/mol. The summed E-state index contributed by atoms with van der Waals surface area (Å²) < 4.78 is 6.84. The fourth-order valence-electron chi connectivity index (χ4n) is 1.79. The minimum atomic E-state index is 0.384. The van der Waals surface area contributed by atoms with E-state index in [1.165, 1.54) is 10.4 Å². The summed E-state index contributed by atoms with van der Waals surface area (Å²) in [6, 6.07) is 10.7. The molecule has 1 aromatic carbocycles. The van der Waals surface area contributed by atoms with Crippen molar-refractivity contribution in [2.24, 2.45) is 0 Å². The van der Waals surface area contributed by atoms with Crippen LogP contribution in [0.5, 0.6) is 5.75 Å². The topological polar surface area (TPSA) is 21.3 Å². The molecule has 1 aromatic heterocycles. The first kappa shape index (κ1) is 14.6. The third kappa shape index (κ3) is 4.34. The summed E-state index contributed by atoms with van der Waals surface area (Å²) in [6.07, 6.45) is 0. The molecule has 0 aliphatic rings. The Morgan fingerprint density at radius 2 is 2.21 bits per heavy atom. The Morgan fingerprint density at radius 1 is 1.37 bits per heavy atom. The monoisotopic (exact) mass is 339 g/mol. The van der Waals surface area contributed by atoms with Gasteiger partial charge in [-0.3, -0.25) is 0 Å². The lowest BCUT2D eigenvalue weighted by molar-refractivity contribution is 0.308. The highest BCUT2D eigenvalue weighted by Crippen LogP contribution is 2.21. The third-order valence-corrected chi connectivity index (χ3v) is 4.87. The molecule has 1 unspecified atom stereocenters. The van der Waals surface area contributed by atoms with Gasteiger partial charge in [-0.05, 0) is 49.1 Å². The zero-order valence-corrected chi connectivity index (χ0v) is 13.6. The molecule has 2 nitrogen and oxygen atoms in total. The van der Waals surface area contributed by atoms with Crippen LogP contribution in [0.25, 0.3) is 0 Å². The Labute approximate surface area is 126 Å². The summed E-state index contributed by atoms with van der Waals surface area (Å²) in [5.74, 6) is 0.922. The minimum Gasteiger partial charge on any atom is -0.492 e. The fraction of sp³-hybridized carbons (Fsp3) is 0.333. The maximum Gasteiger partial charge on any atom is 0.119 e. The molecule has 19 heavy (non-hydrogen) atoms. The lowest BCUT2D eigenvalue weighted by atomic mass is 10.2. The van der Waals surface area contributed by atoms with Crippen molar-refractivity contribution in [1.82, 2.24) is 5.32 Å². The first-order chi connectivity index (χ1) is 9.16. The van der Waals surface area contributed by atoms with Gasteiger partial charge in [0.05, 0.1) is 0 Å². The van der Waals surface area contributed by atoms with Crippen LogP contribution < -0.4 is 10.1 Å². The van der Waals surface area contributed by atoms with Gasteiger partial charge in [0.1, 0.15) is 12.4 Å². The molecule has 2 aromatic rings. The molecule has 0 aliphatic carbocycles. The van der Waals surface area contributed by atoms with Gasteiger partial charge in [-0.2, -0.15) is 0 Å². The van der Waals surface area contributed by atoms with Crippen LogP contribution in [0.15, 0.2) is 40.2 Å². The molecule has 1 heterocycles. The van der Waals surface area contributed by atoms with Crippen molar-refractivity contribution >= 4 is 27.3 Å². The normalized spacial score (nSPS) is 12.4. The second-order valence-electron chi connectivity index (χ2n) is 4.45. The molecule has 2 rings (SSSR count). The molecule has 0 radical (unpaired) electrons. The van der Waals surface area contributed by atoms with Gasteiger partial charge >= 0.3 is 0 Å². The molecule has 102 valence electrons. The first-order valence-corrected chi connectivity index (χ1v) is 8.00. The lowest BCUT2D eigenvalue weighted by Gasteiger charge is -2.13. The molecular formula is C15H18BrNOS. The van der Waals surface area contributed by atoms with E-state index in [2.05, 4.69) is 52.6 Å². The van der Waals surface area contributed by atoms with Crippen LogP contribution in [-0.4, -0.2) is 13.2 Å². The molecule has 0 saturated heterocycles. The van der Waals surface area contributed by atoms with Crippen molar-refractivity contribution in [3.63, 3.8) is 0 Å². The number of nitrogens with one attached hydrogen (secondary N) is 1. The second-order valence-corrected chi connectivity index (χ2v) is 6.28. The van der Waals surface area contributed by atoms with Gasteiger partial charge in [0.15, 0.2) is 0 Å². The number of benzene rings is 1. The van der Waals surface area contributed by atoms with E-state index < -0.39 is 0 Å². The third-order valence-electron chi connectivity index (χ3n) is 2.92. The smallest absolute Gasteiger partial charge is 0.119 e. The van der Waals surface area contributed by atoms with E-state index in [0.29, 0.717) is 12.6 Å². The van der Waals surface area contributed by atoms with Crippen LogP contribution in [0.2, 0.25) is 0 Å². The molecule has 0 amide bonds. The van der Waals surface area contributed by atoms with Crippen molar-refractivity contribution in [2.75, 3.05) is 13.2 Å². The number of hydrogen-bond acceptors (Lipinski definition) is 3. The molecule has 1 N–H and O–H groups in total. The van der Waals surface area contributed by atoms with E-state index >= 15 is 0 Å². The Morgan fingerprint density at radius 3 is 2.89 bits per heavy atom. The maximum atomic E-state index is 5.73. The summed E-state index contributed by atoms with van der Waals surface area (Å²) in [4.78, 5) is 1.36. The van der Waals surface area contributed by atoms with Gasteiger partial charge in [-0.1, -0.05) is 22.0 Å². The predicted octanol–water partition coefficient (Wildman–Crippen LogP) is 4.55. The zero-order valence-electron chi connectivity index (χ0n) is 11.2. The number of thiophene rings is 1. The van der Waals surface area contributed by atoms with Crippen molar-refractivity contribution < 1.29 is 4.74 Å². The number of aryl methyl sites for hydroxylation is 1. The molecule has 0 bridgehead atoms. The molecule has 0 fully saturated rings. The van der Waals surface area contributed by atoms with E-state index in [-0.39, 0.29) is 0 Å². The Hall–Kier alpha value is -0.840. The van der Waals surface area contributed by atoms with Gasteiger partial charge in [0, 0.05) is 21.9 Å². The number of hydrogen-bond donors (Lipinski definition) is 1. The zero-order chi connectivity index (χ0) is 13.7. The minimum absolute atomic E-state index is 0.384. The van der Waals surface area contributed by atoms with Gasteiger partial charge in [0.2, 0.25) is 0 Å². The van der Waals surface area contributed by atoms with E-state index in [9.17, 15) is 0 Å². The highest BCUT2D eigenvalue weighted by atomic mass is 79.9. The van der Waals surface area contributed by atoms with E-state index in [1.54, 1.807) is 11.3 Å². The van der Waals surface area contributed by atoms with Gasteiger partial charge in [-0.25, -0.2) is 0 Å². The molecule has 0 aliphatic heterocycles. The van der Waals surface area contributed by atoms with Gasteiger partial charge in [-0.15, -0.1) is 11.3 Å². The Bertz CT molecular complexity index is 513. The largest absolute Gasteiger partial charge is 0.492 e. The van der Waals surface area contributed by atoms with Crippen LogP contribution in [0.1, 0.15) is 23.4 Å². The van der Waals surface area contributed by atoms with Crippen molar-refractivity contribution in [3.05, 3.63) is 50.6 Å². The SMILES string of the molecule is Cc1cc(OCCNC(C)c2cccs2)ccc1Br. The maximum absolute atomic E-state index is 5.73. The van der Waals surface area contributed by atoms with Gasteiger partial charge in [0.25, 0.3) is 0 Å². The number of rotatable bonds is 6. The van der Waals surface area contributed by atoms with E-state index in [1.807, 2.05) is 18.2 Å². The quantitative estimate of drug-likeness (QED) is 0.779. The van der Waals surface area contributed by atoms with Gasteiger partial charge < -0.3 is 10.1 Å². The summed E-state index contributed by atoms with van der Waals surface area (Å²) in [5, 5.41) is 5.56. The summed E-state index contributed by atoms with van der Waals surface area (Å²) >= 11 is 5.27. The summed E-state index contributed by atoms with van der Waals surface area (Å²) in [6.45, 7) is 5.76. The van der Waals surface area contributed by atoms with Crippen LogP contribution in [0.3, 0.4) is 0 Å². The second kappa shape index (κ2) is 7.08. The van der Waals surface area contributed by atoms with Crippen molar-refractivity contribution in [2.45, 2.75) is 19.9 Å². The van der Waals surface area contributed by atoms with E-state index in [0.717, 1.165) is 16.8 Å². The standard InChI is InChI=1S/C15H18BrNOS/c1-11-10-13(5-6-14(11)16)18-8-7-17-12(2)15-4-3-9-19-15/h3-6,9-10,12,17H,7-8H2,1-2H3. The highest BCUT2D eigenvalue weighted by Gasteiger charge is 2.05. The summed E-state index contributed by atoms with van der Waals surface area (Å²) in [5.41, 5.74) is 1.19. The van der Waals surface area contributed by atoms with Crippen molar-refractivity contribution in [1.29, 1.82) is 0 Å². The van der Waals surface area contributed by atoms with E-state index in [4.69, 9.17) is 4.74 Å². The molecule has 4 heteroatoms. The Balaban J connectivity index is 1.73. The van der Waals surface area contributed by atoms with Crippen molar-refractivity contribution in [3.8, 4) is 5.75 Å². The average Bonchev–Trinajstić information content (AvgIpc) is 2.92. The van der Waals surface area contributed by atoms with Crippen LogP contribution in [0, 0.1) is 6.92 Å². The highest BCUT2D eigenvalue weighted by molar-refractivity contribution is 9.10. The predicted molar refractivity (Wildman–Crippen MR) is 85.1 cm³/mol. The Kier molecular flexibility index (Phi) is 5.43. The molecule has 0 spiro atoms. The summed E-state index contributed by atoms with van der Waals surface area (Å²) in [7, 11) is 0. The molecule has 1 atom stereocenters. The molecule has 0 saturated carbocycles. The lowest BCUT2D eigenvalue weighted by Crippen LogP contribution is -2.23.